The molecule has 1 fully saturated rings. The van der Waals surface area contributed by atoms with Crippen molar-refractivity contribution in [3.8, 4) is 0 Å². The second-order valence-electron chi connectivity index (χ2n) is 7.56. The van der Waals surface area contributed by atoms with E-state index in [2.05, 4.69) is 5.32 Å². The molecule has 0 spiro atoms. The topological polar surface area (TPSA) is 58.6 Å². The van der Waals surface area contributed by atoms with Crippen molar-refractivity contribution in [2.75, 3.05) is 6.54 Å². The molecule has 1 aromatic rings. The molecule has 0 bridgehead atoms. The van der Waals surface area contributed by atoms with Crippen LogP contribution in [0.1, 0.15) is 39.7 Å². The van der Waals surface area contributed by atoms with E-state index in [9.17, 15) is 18.4 Å². The number of ether oxygens (including phenoxy) is 1. The number of alkyl halides is 1. The molecular formula is C18H23ClF2N2O3. The average molecular weight is 389 g/mol. The molecule has 2 amide bonds. The van der Waals surface area contributed by atoms with E-state index in [0.717, 1.165) is 4.90 Å². The molecule has 1 saturated heterocycles. The van der Waals surface area contributed by atoms with Crippen LogP contribution in [0.4, 0.5) is 13.6 Å². The molecule has 2 atom stereocenters. The summed E-state index contributed by atoms with van der Waals surface area (Å²) in [7, 11) is 0. The van der Waals surface area contributed by atoms with Gasteiger partial charge in [-0.25, -0.2) is 13.6 Å². The first-order chi connectivity index (χ1) is 11.9. The van der Waals surface area contributed by atoms with Gasteiger partial charge in [-0.3, -0.25) is 9.69 Å². The normalized spacial score (nSPS) is 23.0. The minimum atomic E-state index is -1.42. The molecular weight excluding hydrogens is 366 g/mol. The summed E-state index contributed by atoms with van der Waals surface area (Å²) in [6.07, 6.45) is -2.26. The highest BCUT2D eigenvalue weighted by atomic mass is 35.5. The lowest BCUT2D eigenvalue weighted by molar-refractivity contribution is -0.131. The van der Waals surface area contributed by atoms with Crippen molar-refractivity contribution in [3.05, 3.63) is 34.6 Å². The Labute approximate surface area is 156 Å². The maximum Gasteiger partial charge on any atom is 0.411 e. The van der Waals surface area contributed by atoms with E-state index >= 15 is 0 Å². The molecule has 1 aromatic carbocycles. The number of nitrogens with one attached hydrogen (secondary N) is 1. The molecule has 0 aliphatic carbocycles. The second kappa shape index (κ2) is 7.39. The van der Waals surface area contributed by atoms with Gasteiger partial charge in [-0.15, -0.1) is 0 Å². The third-order valence-corrected chi connectivity index (χ3v) is 4.46. The zero-order chi connectivity index (χ0) is 19.7. The largest absolute Gasteiger partial charge is 0.444 e. The van der Waals surface area contributed by atoms with Crippen molar-refractivity contribution in [3.63, 3.8) is 0 Å². The van der Waals surface area contributed by atoms with Gasteiger partial charge in [0, 0.05) is 18.5 Å². The van der Waals surface area contributed by atoms with E-state index in [-0.39, 0.29) is 30.1 Å². The molecule has 2 unspecified atom stereocenters. The molecule has 0 saturated carbocycles. The highest BCUT2D eigenvalue weighted by molar-refractivity contribution is 6.30. The zero-order valence-corrected chi connectivity index (χ0v) is 16.0. The van der Waals surface area contributed by atoms with Crippen LogP contribution < -0.4 is 5.32 Å². The summed E-state index contributed by atoms with van der Waals surface area (Å²) in [5, 5.41) is 2.51. The van der Waals surface area contributed by atoms with Crippen molar-refractivity contribution < 1.29 is 23.1 Å². The fraction of sp³-hybridized carbons (Fsp3) is 0.556. The first-order valence-corrected chi connectivity index (χ1v) is 8.68. The second-order valence-corrected chi connectivity index (χ2v) is 7.97. The zero-order valence-electron chi connectivity index (χ0n) is 15.2. The molecule has 26 heavy (non-hydrogen) atoms. The van der Waals surface area contributed by atoms with E-state index in [4.69, 9.17) is 16.3 Å². The molecule has 2 rings (SSSR count). The van der Waals surface area contributed by atoms with Gasteiger partial charge in [0.25, 0.3) is 0 Å². The number of hydrogen-bond acceptors (Lipinski definition) is 3. The van der Waals surface area contributed by atoms with Crippen LogP contribution in [-0.2, 0) is 16.1 Å². The number of nitrogens with zero attached hydrogens (tertiary/aromatic N) is 1. The van der Waals surface area contributed by atoms with Crippen LogP contribution >= 0.6 is 11.6 Å². The van der Waals surface area contributed by atoms with Crippen LogP contribution in [-0.4, -0.2) is 40.8 Å². The summed E-state index contributed by atoms with van der Waals surface area (Å²) in [5.74, 6) is -1.21. The molecule has 8 heteroatoms. The highest BCUT2D eigenvalue weighted by Gasteiger charge is 2.51. The predicted octanol–water partition coefficient (Wildman–Crippen LogP) is 3.83. The van der Waals surface area contributed by atoms with E-state index in [0.29, 0.717) is 0 Å². The Hall–Kier alpha value is -1.89. The van der Waals surface area contributed by atoms with E-state index in [1.807, 2.05) is 0 Å². The Morgan fingerprint density at radius 3 is 2.69 bits per heavy atom. The fourth-order valence-electron chi connectivity index (χ4n) is 2.86. The Morgan fingerprint density at radius 2 is 2.08 bits per heavy atom. The minimum Gasteiger partial charge on any atom is -0.444 e. The first-order valence-electron chi connectivity index (χ1n) is 8.30. The SMILES string of the molecule is CC(C)(C)OC(=O)N1CC(F)CC1(C)C(=O)NCc1cccc(Cl)c1F. The van der Waals surface area contributed by atoms with E-state index in [1.165, 1.54) is 19.1 Å². The lowest BCUT2D eigenvalue weighted by atomic mass is 9.97. The fourth-order valence-corrected chi connectivity index (χ4v) is 3.06. The van der Waals surface area contributed by atoms with Crippen molar-refractivity contribution in [1.29, 1.82) is 0 Å². The van der Waals surface area contributed by atoms with E-state index < -0.39 is 35.1 Å². The van der Waals surface area contributed by atoms with Crippen LogP contribution in [0.3, 0.4) is 0 Å². The maximum atomic E-state index is 14.0. The monoisotopic (exact) mass is 388 g/mol. The number of amides is 2. The quantitative estimate of drug-likeness (QED) is 0.856. The molecule has 0 radical (unpaired) electrons. The number of benzene rings is 1. The Bertz CT molecular complexity index is 708. The minimum absolute atomic E-state index is 0.0527. The third kappa shape index (κ3) is 4.44. The summed E-state index contributed by atoms with van der Waals surface area (Å²) in [5.41, 5.74) is -1.99. The van der Waals surface area contributed by atoms with Crippen molar-refractivity contribution in [1.82, 2.24) is 10.2 Å². The van der Waals surface area contributed by atoms with Gasteiger partial charge in [-0.05, 0) is 33.8 Å². The van der Waals surface area contributed by atoms with Gasteiger partial charge in [-0.2, -0.15) is 0 Å². The Morgan fingerprint density at radius 1 is 1.42 bits per heavy atom. The molecule has 1 heterocycles. The number of hydrogen-bond donors (Lipinski definition) is 1. The van der Waals surface area contributed by atoms with Gasteiger partial charge in [-0.1, -0.05) is 23.7 Å². The smallest absolute Gasteiger partial charge is 0.411 e. The van der Waals surface area contributed by atoms with Crippen molar-refractivity contribution in [2.24, 2.45) is 0 Å². The average Bonchev–Trinajstić information content (AvgIpc) is 2.83. The van der Waals surface area contributed by atoms with Gasteiger partial charge in [0.15, 0.2) is 0 Å². The van der Waals surface area contributed by atoms with Crippen LogP contribution in [0.15, 0.2) is 18.2 Å². The van der Waals surface area contributed by atoms with Gasteiger partial charge in [0.2, 0.25) is 5.91 Å². The molecule has 0 aromatic heterocycles. The molecule has 5 nitrogen and oxygen atoms in total. The maximum absolute atomic E-state index is 14.0. The van der Waals surface area contributed by atoms with Gasteiger partial charge in [0.1, 0.15) is 23.1 Å². The third-order valence-electron chi connectivity index (χ3n) is 4.17. The molecule has 144 valence electrons. The van der Waals surface area contributed by atoms with Gasteiger partial charge < -0.3 is 10.1 Å². The Balaban J connectivity index is 2.13. The molecule has 1 aliphatic heterocycles. The lowest BCUT2D eigenvalue weighted by Gasteiger charge is -2.34. The van der Waals surface area contributed by atoms with Crippen LogP contribution in [0.2, 0.25) is 5.02 Å². The lowest BCUT2D eigenvalue weighted by Crippen LogP contribution is -2.56. The summed E-state index contributed by atoms with van der Waals surface area (Å²) >= 11 is 5.72. The highest BCUT2D eigenvalue weighted by Crippen LogP contribution is 2.33. The first kappa shape index (κ1) is 20.4. The number of carbonyl (C=O) groups is 2. The van der Waals surface area contributed by atoms with Crippen molar-refractivity contribution in [2.45, 2.75) is 58.0 Å². The summed E-state index contributed by atoms with van der Waals surface area (Å²) < 4.78 is 33.2. The number of rotatable bonds is 3. The van der Waals surface area contributed by atoms with E-state index in [1.54, 1.807) is 26.8 Å². The number of halogens is 3. The summed E-state index contributed by atoms with van der Waals surface area (Å²) in [6.45, 7) is 6.18. The molecule has 1 aliphatic rings. The summed E-state index contributed by atoms with van der Waals surface area (Å²) in [4.78, 5) is 26.1. The number of carbonyl (C=O) groups excluding carboxylic acids is 2. The standard InChI is InChI=1S/C18H23ClF2N2O3/c1-17(2,3)26-16(25)23-10-12(20)8-18(23,4)15(24)22-9-11-6-5-7-13(19)14(11)21/h5-7,12H,8-10H2,1-4H3,(H,22,24). The van der Waals surface area contributed by atoms with Gasteiger partial charge >= 0.3 is 6.09 Å². The van der Waals surface area contributed by atoms with Crippen LogP contribution in [0.5, 0.6) is 0 Å². The molecule has 1 N–H and O–H groups in total. The number of likely N-dealkylation sites (tertiary alicyclic amines) is 1. The summed E-state index contributed by atoms with van der Waals surface area (Å²) in [6, 6.07) is 4.45. The predicted molar refractivity (Wildman–Crippen MR) is 94.1 cm³/mol. The van der Waals surface area contributed by atoms with Crippen LogP contribution in [0, 0.1) is 5.82 Å². The van der Waals surface area contributed by atoms with Crippen LogP contribution in [0.25, 0.3) is 0 Å². The van der Waals surface area contributed by atoms with Gasteiger partial charge in [0.05, 0.1) is 11.6 Å². The van der Waals surface area contributed by atoms with Crippen molar-refractivity contribution >= 4 is 23.6 Å². The Kier molecular flexibility index (Phi) is 5.80.